The van der Waals surface area contributed by atoms with E-state index in [1.54, 1.807) is 18.2 Å². The van der Waals surface area contributed by atoms with Crippen LogP contribution in [0.25, 0.3) is 0 Å². The number of carbonyl (C=O) groups is 2. The molecule has 156 valence electrons. The molecule has 0 saturated carbocycles. The van der Waals surface area contributed by atoms with Crippen molar-refractivity contribution in [2.24, 2.45) is 0 Å². The summed E-state index contributed by atoms with van der Waals surface area (Å²) in [7, 11) is 0. The van der Waals surface area contributed by atoms with Crippen molar-refractivity contribution in [3.8, 4) is 0 Å². The van der Waals surface area contributed by atoms with Crippen molar-refractivity contribution in [2.45, 2.75) is 0 Å². The van der Waals surface area contributed by atoms with E-state index in [0.717, 1.165) is 10.6 Å². The SMILES string of the molecule is C=C(/C=C\C(=C)N1CCN(C(=O)c2cccs2)CC1)NC(=S)NC(=O)c1ccco1. The third-order valence-electron chi connectivity index (χ3n) is 4.43. The monoisotopic (exact) mass is 442 g/mol. The first kappa shape index (κ1) is 21.5. The number of nitrogens with zero attached hydrogens (tertiary/aromatic N) is 2. The predicted octanol–water partition coefficient (Wildman–Crippen LogP) is 2.99. The van der Waals surface area contributed by atoms with E-state index in [9.17, 15) is 9.59 Å². The molecule has 0 atom stereocenters. The minimum atomic E-state index is -0.436. The summed E-state index contributed by atoms with van der Waals surface area (Å²) in [5, 5.41) is 7.38. The fourth-order valence-electron chi connectivity index (χ4n) is 2.85. The molecular formula is C21H22N4O3S2. The zero-order valence-electron chi connectivity index (χ0n) is 16.3. The lowest BCUT2D eigenvalue weighted by Crippen LogP contribution is -2.47. The van der Waals surface area contributed by atoms with Gasteiger partial charge in [0.05, 0.1) is 11.1 Å². The van der Waals surface area contributed by atoms with Gasteiger partial charge in [-0.15, -0.1) is 11.3 Å². The summed E-state index contributed by atoms with van der Waals surface area (Å²) in [6.45, 7) is 10.7. The number of furan rings is 1. The van der Waals surface area contributed by atoms with Gasteiger partial charge in [-0.25, -0.2) is 0 Å². The van der Waals surface area contributed by atoms with Gasteiger partial charge in [0, 0.05) is 37.6 Å². The number of hydrogen-bond acceptors (Lipinski definition) is 6. The van der Waals surface area contributed by atoms with Crippen molar-refractivity contribution in [2.75, 3.05) is 26.2 Å². The molecule has 0 aromatic carbocycles. The van der Waals surface area contributed by atoms with Gasteiger partial charge in [-0.3, -0.25) is 14.9 Å². The van der Waals surface area contributed by atoms with Crippen LogP contribution < -0.4 is 10.6 Å². The predicted molar refractivity (Wildman–Crippen MR) is 121 cm³/mol. The highest BCUT2D eigenvalue weighted by atomic mass is 32.1. The van der Waals surface area contributed by atoms with Crippen LogP contribution in [0.1, 0.15) is 20.2 Å². The van der Waals surface area contributed by atoms with Gasteiger partial charge < -0.3 is 19.5 Å². The summed E-state index contributed by atoms with van der Waals surface area (Å²) in [6, 6.07) is 6.90. The van der Waals surface area contributed by atoms with Crippen LogP contribution in [-0.2, 0) is 0 Å². The maximum absolute atomic E-state index is 12.4. The average Bonchev–Trinajstić information content (AvgIpc) is 3.45. The first-order chi connectivity index (χ1) is 14.4. The second-order valence-electron chi connectivity index (χ2n) is 6.49. The number of rotatable bonds is 6. The Morgan fingerprint density at radius 1 is 1.07 bits per heavy atom. The highest BCUT2D eigenvalue weighted by Crippen LogP contribution is 2.15. The Balaban J connectivity index is 1.42. The smallest absolute Gasteiger partial charge is 0.293 e. The Kier molecular flexibility index (Phi) is 7.21. The molecule has 2 N–H and O–H groups in total. The minimum Gasteiger partial charge on any atom is -0.459 e. The fraction of sp³-hybridized carbons (Fsp3) is 0.190. The summed E-state index contributed by atoms with van der Waals surface area (Å²) in [4.78, 5) is 29.0. The number of piperazine rings is 1. The largest absolute Gasteiger partial charge is 0.459 e. The lowest BCUT2D eigenvalue weighted by atomic mass is 10.2. The maximum atomic E-state index is 12.4. The molecule has 2 aromatic heterocycles. The summed E-state index contributed by atoms with van der Waals surface area (Å²) in [6.07, 6.45) is 4.97. The molecule has 0 bridgehead atoms. The van der Waals surface area contributed by atoms with Gasteiger partial charge in [0.2, 0.25) is 0 Å². The van der Waals surface area contributed by atoms with E-state index in [4.69, 9.17) is 16.6 Å². The summed E-state index contributed by atoms with van der Waals surface area (Å²) in [5.41, 5.74) is 1.32. The van der Waals surface area contributed by atoms with Gasteiger partial charge in [-0.1, -0.05) is 19.2 Å². The molecule has 0 unspecified atom stereocenters. The zero-order valence-corrected chi connectivity index (χ0v) is 17.9. The number of thiocarbonyl (C=S) groups is 1. The number of nitrogens with one attached hydrogen (secondary N) is 2. The zero-order chi connectivity index (χ0) is 21.5. The average molecular weight is 443 g/mol. The van der Waals surface area contributed by atoms with Crippen molar-refractivity contribution in [3.63, 3.8) is 0 Å². The highest BCUT2D eigenvalue weighted by Gasteiger charge is 2.22. The van der Waals surface area contributed by atoms with Crippen LogP contribution in [0.2, 0.25) is 0 Å². The van der Waals surface area contributed by atoms with Crippen LogP contribution in [0.3, 0.4) is 0 Å². The molecule has 2 amide bonds. The number of carbonyl (C=O) groups excluding carboxylic acids is 2. The molecule has 2 aromatic rings. The normalized spacial score (nSPS) is 13.9. The van der Waals surface area contributed by atoms with Gasteiger partial charge in [0.15, 0.2) is 10.9 Å². The topological polar surface area (TPSA) is 77.8 Å². The van der Waals surface area contributed by atoms with Gasteiger partial charge in [0.1, 0.15) is 0 Å². The number of amides is 2. The molecular weight excluding hydrogens is 420 g/mol. The van der Waals surface area contributed by atoms with Crippen LogP contribution in [0.5, 0.6) is 0 Å². The molecule has 3 heterocycles. The molecule has 0 aliphatic carbocycles. The van der Waals surface area contributed by atoms with E-state index >= 15 is 0 Å². The molecule has 3 rings (SSSR count). The summed E-state index contributed by atoms with van der Waals surface area (Å²) in [5.74, 6) is -0.187. The molecule has 7 nitrogen and oxygen atoms in total. The van der Waals surface area contributed by atoms with Crippen molar-refractivity contribution in [3.05, 3.63) is 83.3 Å². The van der Waals surface area contributed by atoms with E-state index in [1.807, 2.05) is 28.5 Å². The van der Waals surface area contributed by atoms with E-state index in [-0.39, 0.29) is 16.8 Å². The Morgan fingerprint density at radius 3 is 2.43 bits per heavy atom. The van der Waals surface area contributed by atoms with Crippen molar-refractivity contribution < 1.29 is 14.0 Å². The molecule has 1 aliphatic rings. The van der Waals surface area contributed by atoms with Gasteiger partial charge in [-0.2, -0.15) is 0 Å². The van der Waals surface area contributed by atoms with Crippen LogP contribution in [0, 0.1) is 0 Å². The molecule has 0 radical (unpaired) electrons. The minimum absolute atomic E-state index is 0.0773. The third-order valence-corrected chi connectivity index (χ3v) is 5.49. The van der Waals surface area contributed by atoms with Crippen LogP contribution in [-0.4, -0.2) is 52.9 Å². The molecule has 9 heteroatoms. The highest BCUT2D eigenvalue weighted by molar-refractivity contribution is 7.80. The Hall–Kier alpha value is -3.17. The van der Waals surface area contributed by atoms with E-state index in [0.29, 0.717) is 31.9 Å². The van der Waals surface area contributed by atoms with Crippen LogP contribution in [0.4, 0.5) is 0 Å². The molecule has 30 heavy (non-hydrogen) atoms. The number of thiophene rings is 1. The van der Waals surface area contributed by atoms with E-state index < -0.39 is 5.91 Å². The Labute approximate surface area is 184 Å². The molecule has 1 fully saturated rings. The second kappa shape index (κ2) is 10.0. The van der Waals surface area contributed by atoms with E-state index in [2.05, 4.69) is 28.7 Å². The number of allylic oxidation sites excluding steroid dienone is 2. The summed E-state index contributed by atoms with van der Waals surface area (Å²) < 4.78 is 5.01. The van der Waals surface area contributed by atoms with Crippen LogP contribution in [0.15, 0.2) is 77.0 Å². The van der Waals surface area contributed by atoms with Gasteiger partial charge in [-0.05, 0) is 47.9 Å². The summed E-state index contributed by atoms with van der Waals surface area (Å²) >= 11 is 6.57. The third kappa shape index (κ3) is 5.68. The van der Waals surface area contributed by atoms with Crippen LogP contribution >= 0.6 is 23.6 Å². The van der Waals surface area contributed by atoms with Crippen molar-refractivity contribution in [1.29, 1.82) is 0 Å². The molecule has 1 aliphatic heterocycles. The quantitative estimate of drug-likeness (QED) is 0.529. The lowest BCUT2D eigenvalue weighted by molar-refractivity contribution is 0.0677. The van der Waals surface area contributed by atoms with E-state index in [1.165, 1.54) is 17.6 Å². The maximum Gasteiger partial charge on any atom is 0.293 e. The standard InChI is InChI=1S/C21H22N4O3S2/c1-15(22-21(29)23-19(26)17-5-3-13-28-17)7-8-16(2)24-9-11-25(12-10-24)20(27)18-6-4-14-30-18/h3-8,13-14H,1-2,9-12H2,(H2,22,23,26,29)/b8-7-. The van der Waals surface area contributed by atoms with Gasteiger partial charge in [0.25, 0.3) is 11.8 Å². The first-order valence-corrected chi connectivity index (χ1v) is 10.5. The fourth-order valence-corrected chi connectivity index (χ4v) is 3.76. The number of hydrogen-bond donors (Lipinski definition) is 2. The van der Waals surface area contributed by atoms with Crippen molar-refractivity contribution in [1.82, 2.24) is 20.4 Å². The van der Waals surface area contributed by atoms with Gasteiger partial charge >= 0.3 is 0 Å². The molecule has 0 spiro atoms. The Morgan fingerprint density at radius 2 is 1.80 bits per heavy atom. The Bertz CT molecular complexity index is 957. The lowest BCUT2D eigenvalue weighted by Gasteiger charge is -2.36. The second-order valence-corrected chi connectivity index (χ2v) is 7.85. The first-order valence-electron chi connectivity index (χ1n) is 9.23. The van der Waals surface area contributed by atoms with Crippen molar-refractivity contribution >= 4 is 40.5 Å². The molecule has 1 saturated heterocycles.